The van der Waals surface area contributed by atoms with Gasteiger partial charge in [0.1, 0.15) is 0 Å². The van der Waals surface area contributed by atoms with Gasteiger partial charge in [-0.05, 0) is 35.9 Å². The number of fused-ring (bicyclic) bond motifs is 1. The van der Waals surface area contributed by atoms with Crippen LogP contribution in [-0.2, 0) is 9.53 Å². The van der Waals surface area contributed by atoms with Crippen molar-refractivity contribution in [3.8, 4) is 17.2 Å². The number of esters is 1. The van der Waals surface area contributed by atoms with Gasteiger partial charge in [0.05, 0.1) is 32.5 Å². The summed E-state index contributed by atoms with van der Waals surface area (Å²) in [5.74, 6) is -0.397. The van der Waals surface area contributed by atoms with Crippen molar-refractivity contribution in [1.29, 1.82) is 0 Å². The second-order valence-electron chi connectivity index (χ2n) is 5.97. The summed E-state index contributed by atoms with van der Waals surface area (Å²) in [6.07, 6.45) is 2.67. The SMILES string of the molecule is COc1cc(C=CC(=O)OCN2C(=O)c3ccccc3C2=O)cc(OC)c1OC. The summed E-state index contributed by atoms with van der Waals surface area (Å²) >= 11 is 0. The number of ether oxygens (including phenoxy) is 4. The Morgan fingerprint density at radius 2 is 1.48 bits per heavy atom. The van der Waals surface area contributed by atoms with Crippen molar-refractivity contribution in [3.05, 3.63) is 59.2 Å². The molecule has 0 aliphatic carbocycles. The summed E-state index contributed by atoms with van der Waals surface area (Å²) in [4.78, 5) is 37.4. The first-order valence-electron chi connectivity index (χ1n) is 8.60. The first-order valence-corrected chi connectivity index (χ1v) is 8.60. The van der Waals surface area contributed by atoms with E-state index in [-0.39, 0.29) is 0 Å². The molecule has 2 aromatic rings. The number of benzene rings is 2. The Morgan fingerprint density at radius 3 is 1.97 bits per heavy atom. The van der Waals surface area contributed by atoms with Crippen molar-refractivity contribution in [2.75, 3.05) is 28.1 Å². The molecule has 2 amide bonds. The van der Waals surface area contributed by atoms with Crippen molar-refractivity contribution in [1.82, 2.24) is 4.90 Å². The van der Waals surface area contributed by atoms with Crippen LogP contribution in [0.25, 0.3) is 6.08 Å². The molecule has 0 N–H and O–H groups in total. The lowest BCUT2D eigenvalue weighted by molar-refractivity contribution is -0.140. The van der Waals surface area contributed by atoms with E-state index in [4.69, 9.17) is 18.9 Å². The van der Waals surface area contributed by atoms with Gasteiger partial charge in [0.15, 0.2) is 18.2 Å². The smallest absolute Gasteiger partial charge is 0.332 e. The van der Waals surface area contributed by atoms with Crippen molar-refractivity contribution in [3.63, 3.8) is 0 Å². The van der Waals surface area contributed by atoms with Crippen LogP contribution in [0, 0.1) is 0 Å². The molecule has 8 heteroatoms. The molecule has 1 heterocycles. The molecule has 0 aromatic heterocycles. The lowest BCUT2D eigenvalue weighted by Crippen LogP contribution is -2.32. The highest BCUT2D eigenvalue weighted by Gasteiger charge is 2.35. The largest absolute Gasteiger partial charge is 0.493 e. The molecule has 0 bridgehead atoms. The minimum atomic E-state index is -0.713. The summed E-state index contributed by atoms with van der Waals surface area (Å²) in [6.45, 7) is -0.467. The Labute approximate surface area is 167 Å². The quantitative estimate of drug-likeness (QED) is 0.403. The lowest BCUT2D eigenvalue weighted by Gasteiger charge is -2.13. The molecule has 0 atom stereocenters. The molecule has 3 rings (SSSR count). The molecule has 150 valence electrons. The van der Waals surface area contributed by atoms with Gasteiger partial charge < -0.3 is 18.9 Å². The zero-order valence-electron chi connectivity index (χ0n) is 16.1. The van der Waals surface area contributed by atoms with Crippen LogP contribution >= 0.6 is 0 Å². The number of rotatable bonds is 7. The Kier molecular flexibility index (Phi) is 5.82. The van der Waals surface area contributed by atoms with Gasteiger partial charge in [0, 0.05) is 6.08 Å². The molecular formula is C21H19NO7. The van der Waals surface area contributed by atoms with Crippen LogP contribution in [0.5, 0.6) is 17.2 Å². The van der Waals surface area contributed by atoms with E-state index in [2.05, 4.69) is 0 Å². The average Bonchev–Trinajstić information content (AvgIpc) is 2.99. The number of imide groups is 1. The third kappa shape index (κ3) is 3.91. The molecule has 1 aliphatic heterocycles. The standard InChI is InChI=1S/C21H19NO7/c1-26-16-10-13(11-17(27-2)19(16)28-3)8-9-18(23)29-12-22-20(24)14-6-4-5-7-15(14)21(22)25/h4-11H,12H2,1-3H3. The van der Waals surface area contributed by atoms with Crippen LogP contribution in [0.4, 0.5) is 0 Å². The molecular weight excluding hydrogens is 378 g/mol. The fourth-order valence-electron chi connectivity index (χ4n) is 2.89. The Balaban J connectivity index is 1.67. The lowest BCUT2D eigenvalue weighted by atomic mass is 10.1. The van der Waals surface area contributed by atoms with E-state index in [1.54, 1.807) is 36.4 Å². The predicted molar refractivity (Wildman–Crippen MR) is 103 cm³/mol. The van der Waals surface area contributed by atoms with Crippen LogP contribution in [-0.4, -0.2) is 50.7 Å². The van der Waals surface area contributed by atoms with Crippen molar-refractivity contribution < 1.29 is 33.3 Å². The number of methoxy groups -OCH3 is 3. The van der Waals surface area contributed by atoms with Gasteiger partial charge in [0.25, 0.3) is 11.8 Å². The molecule has 0 unspecified atom stereocenters. The number of amides is 2. The zero-order valence-corrected chi connectivity index (χ0v) is 16.1. The van der Waals surface area contributed by atoms with Gasteiger partial charge in [-0.15, -0.1) is 0 Å². The van der Waals surface area contributed by atoms with E-state index < -0.39 is 24.5 Å². The molecule has 2 aromatic carbocycles. The predicted octanol–water partition coefficient (Wildman–Crippen LogP) is 2.52. The van der Waals surface area contributed by atoms with E-state index in [0.717, 1.165) is 4.90 Å². The van der Waals surface area contributed by atoms with E-state index in [9.17, 15) is 14.4 Å². The summed E-state index contributed by atoms with van der Waals surface area (Å²) < 4.78 is 20.8. The minimum absolute atomic E-state index is 0.293. The topological polar surface area (TPSA) is 91.4 Å². The fraction of sp³-hybridized carbons (Fsp3) is 0.190. The number of nitrogens with zero attached hydrogens (tertiary/aromatic N) is 1. The van der Waals surface area contributed by atoms with Crippen molar-refractivity contribution >= 4 is 23.9 Å². The maximum atomic E-state index is 12.3. The van der Waals surface area contributed by atoms with E-state index >= 15 is 0 Å². The number of hydrogen-bond donors (Lipinski definition) is 0. The highest BCUT2D eigenvalue weighted by molar-refractivity contribution is 6.21. The van der Waals surface area contributed by atoms with Crippen LogP contribution < -0.4 is 14.2 Å². The minimum Gasteiger partial charge on any atom is -0.493 e. The second-order valence-corrected chi connectivity index (χ2v) is 5.97. The van der Waals surface area contributed by atoms with Crippen LogP contribution in [0.1, 0.15) is 26.3 Å². The number of carbonyl (C=O) groups excluding carboxylic acids is 3. The van der Waals surface area contributed by atoms with Crippen LogP contribution in [0.2, 0.25) is 0 Å². The maximum Gasteiger partial charge on any atom is 0.332 e. The normalized spacial score (nSPS) is 12.9. The monoisotopic (exact) mass is 397 g/mol. The van der Waals surface area contributed by atoms with Crippen LogP contribution in [0.3, 0.4) is 0 Å². The molecule has 0 radical (unpaired) electrons. The zero-order chi connectivity index (χ0) is 21.0. The fourth-order valence-corrected chi connectivity index (χ4v) is 2.89. The number of hydrogen-bond acceptors (Lipinski definition) is 7. The van der Waals surface area contributed by atoms with Gasteiger partial charge in [-0.25, -0.2) is 9.69 Å². The Bertz CT molecular complexity index is 936. The summed E-state index contributed by atoms with van der Waals surface area (Å²) in [5.41, 5.74) is 1.19. The molecule has 8 nitrogen and oxygen atoms in total. The van der Waals surface area contributed by atoms with E-state index in [0.29, 0.717) is 33.9 Å². The van der Waals surface area contributed by atoms with E-state index in [1.165, 1.54) is 33.5 Å². The van der Waals surface area contributed by atoms with Crippen molar-refractivity contribution in [2.24, 2.45) is 0 Å². The van der Waals surface area contributed by atoms with Gasteiger partial charge >= 0.3 is 5.97 Å². The van der Waals surface area contributed by atoms with Gasteiger partial charge in [-0.2, -0.15) is 0 Å². The highest BCUT2D eigenvalue weighted by Crippen LogP contribution is 2.38. The molecule has 0 saturated carbocycles. The summed E-state index contributed by atoms with van der Waals surface area (Å²) in [7, 11) is 4.47. The molecule has 0 fully saturated rings. The average molecular weight is 397 g/mol. The summed E-state index contributed by atoms with van der Waals surface area (Å²) in [6, 6.07) is 9.77. The van der Waals surface area contributed by atoms with Gasteiger partial charge in [0.2, 0.25) is 5.75 Å². The Hall–Kier alpha value is -3.81. The molecule has 1 aliphatic rings. The highest BCUT2D eigenvalue weighted by atomic mass is 16.5. The third-order valence-corrected chi connectivity index (χ3v) is 4.31. The number of carbonyl (C=O) groups is 3. The maximum absolute atomic E-state index is 12.3. The third-order valence-electron chi connectivity index (χ3n) is 4.31. The first-order chi connectivity index (χ1) is 14.0. The first kappa shape index (κ1) is 19.9. The summed E-state index contributed by atoms with van der Waals surface area (Å²) in [5, 5.41) is 0. The van der Waals surface area contributed by atoms with Gasteiger partial charge in [-0.3, -0.25) is 9.59 Å². The van der Waals surface area contributed by atoms with Crippen molar-refractivity contribution in [2.45, 2.75) is 0 Å². The van der Waals surface area contributed by atoms with Gasteiger partial charge in [-0.1, -0.05) is 12.1 Å². The second kappa shape index (κ2) is 8.47. The van der Waals surface area contributed by atoms with E-state index in [1.807, 2.05) is 0 Å². The van der Waals surface area contributed by atoms with Crippen LogP contribution in [0.15, 0.2) is 42.5 Å². The molecule has 29 heavy (non-hydrogen) atoms. The molecule has 0 saturated heterocycles. The molecule has 0 spiro atoms. The Morgan fingerprint density at radius 1 is 0.931 bits per heavy atom.